The third kappa shape index (κ3) is 4.11. The maximum Gasteiger partial charge on any atom is 0.243 e. The van der Waals surface area contributed by atoms with Gasteiger partial charge < -0.3 is 20.3 Å². The van der Waals surface area contributed by atoms with E-state index in [-0.39, 0.29) is 12.5 Å². The predicted octanol–water partition coefficient (Wildman–Crippen LogP) is 2.58. The van der Waals surface area contributed by atoms with E-state index < -0.39 is 0 Å². The number of rotatable bonds is 5. The number of aryl methyl sites for hydroxylation is 2. The largest absolute Gasteiger partial charge is 0.378 e. The Bertz CT molecular complexity index is 799. The summed E-state index contributed by atoms with van der Waals surface area (Å²) in [5, 5.41) is 11.1. The third-order valence-corrected chi connectivity index (χ3v) is 4.76. The van der Waals surface area contributed by atoms with E-state index >= 15 is 0 Å². The second-order valence-corrected chi connectivity index (χ2v) is 6.77. The number of ether oxygens (including phenoxy) is 1. The molecule has 1 aromatic carbocycles. The van der Waals surface area contributed by atoms with Crippen LogP contribution >= 0.6 is 11.6 Å². The SMILES string of the molecule is Cc1nn(C)c(C)c1NC(=O)CNc1cc(Cl)ccc1N1CCOCC1. The molecule has 1 amide bonds. The molecule has 3 rings (SSSR count). The Morgan fingerprint density at radius 1 is 1.31 bits per heavy atom. The van der Waals surface area contributed by atoms with E-state index in [1.807, 2.05) is 39.1 Å². The first-order valence-electron chi connectivity index (χ1n) is 8.62. The lowest BCUT2D eigenvalue weighted by atomic mass is 10.2. The topological polar surface area (TPSA) is 71.4 Å². The summed E-state index contributed by atoms with van der Waals surface area (Å²) in [6, 6.07) is 5.68. The molecule has 0 unspecified atom stereocenters. The first kappa shape index (κ1) is 18.5. The molecule has 2 aromatic rings. The zero-order valence-electron chi connectivity index (χ0n) is 15.3. The molecule has 7 nitrogen and oxygen atoms in total. The molecule has 1 saturated heterocycles. The van der Waals surface area contributed by atoms with Gasteiger partial charge in [0.1, 0.15) is 0 Å². The van der Waals surface area contributed by atoms with Gasteiger partial charge in [-0.3, -0.25) is 9.48 Å². The molecule has 26 heavy (non-hydrogen) atoms. The lowest BCUT2D eigenvalue weighted by Crippen LogP contribution is -2.36. The van der Waals surface area contributed by atoms with Crippen molar-refractivity contribution in [3.8, 4) is 0 Å². The highest BCUT2D eigenvalue weighted by molar-refractivity contribution is 6.31. The van der Waals surface area contributed by atoms with Crippen molar-refractivity contribution in [2.45, 2.75) is 13.8 Å². The summed E-state index contributed by atoms with van der Waals surface area (Å²) in [5.41, 5.74) is 4.36. The van der Waals surface area contributed by atoms with Crippen molar-refractivity contribution in [3.63, 3.8) is 0 Å². The number of halogens is 1. The van der Waals surface area contributed by atoms with Gasteiger partial charge in [-0.15, -0.1) is 0 Å². The molecule has 8 heteroatoms. The van der Waals surface area contributed by atoms with Crippen molar-refractivity contribution in [1.82, 2.24) is 9.78 Å². The minimum absolute atomic E-state index is 0.128. The van der Waals surface area contributed by atoms with Gasteiger partial charge in [0.25, 0.3) is 0 Å². The van der Waals surface area contributed by atoms with Crippen LogP contribution in [-0.4, -0.2) is 48.5 Å². The normalized spacial score (nSPS) is 14.4. The lowest BCUT2D eigenvalue weighted by Gasteiger charge is -2.30. The van der Waals surface area contributed by atoms with Crippen LogP contribution in [0, 0.1) is 13.8 Å². The van der Waals surface area contributed by atoms with Crippen molar-refractivity contribution in [2.24, 2.45) is 7.05 Å². The van der Waals surface area contributed by atoms with Crippen molar-refractivity contribution in [1.29, 1.82) is 0 Å². The summed E-state index contributed by atoms with van der Waals surface area (Å²) < 4.78 is 7.17. The second kappa shape index (κ2) is 7.97. The first-order chi connectivity index (χ1) is 12.5. The van der Waals surface area contributed by atoms with Crippen LogP contribution in [0.2, 0.25) is 5.02 Å². The van der Waals surface area contributed by atoms with Crippen molar-refractivity contribution in [3.05, 3.63) is 34.6 Å². The van der Waals surface area contributed by atoms with Gasteiger partial charge in [0.05, 0.1) is 48.2 Å². The van der Waals surface area contributed by atoms with Crippen LogP contribution in [0.15, 0.2) is 18.2 Å². The lowest BCUT2D eigenvalue weighted by molar-refractivity contribution is -0.114. The highest BCUT2D eigenvalue weighted by atomic mass is 35.5. The molecule has 2 heterocycles. The number of anilines is 3. The van der Waals surface area contributed by atoms with Crippen LogP contribution in [-0.2, 0) is 16.6 Å². The fourth-order valence-electron chi connectivity index (χ4n) is 3.04. The molecule has 1 aromatic heterocycles. The molecule has 1 fully saturated rings. The summed E-state index contributed by atoms with van der Waals surface area (Å²) in [6.07, 6.45) is 0. The molecule has 0 atom stereocenters. The minimum atomic E-state index is -0.128. The van der Waals surface area contributed by atoms with Gasteiger partial charge >= 0.3 is 0 Å². The molecule has 1 aliphatic heterocycles. The van der Waals surface area contributed by atoms with Crippen molar-refractivity contribution >= 4 is 34.6 Å². The minimum Gasteiger partial charge on any atom is -0.378 e. The molecule has 0 radical (unpaired) electrons. The van der Waals surface area contributed by atoms with Crippen molar-refractivity contribution in [2.75, 3.05) is 48.4 Å². The van der Waals surface area contributed by atoms with Gasteiger partial charge in [0, 0.05) is 25.2 Å². The van der Waals surface area contributed by atoms with Gasteiger partial charge in [0.15, 0.2) is 0 Å². The Hall–Kier alpha value is -2.25. The highest BCUT2D eigenvalue weighted by Crippen LogP contribution is 2.29. The Morgan fingerprint density at radius 2 is 2.04 bits per heavy atom. The van der Waals surface area contributed by atoms with Crippen LogP contribution in [0.1, 0.15) is 11.4 Å². The summed E-state index contributed by atoms with van der Waals surface area (Å²) in [7, 11) is 1.86. The molecular formula is C18H24ClN5O2. The van der Waals surface area contributed by atoms with E-state index in [2.05, 4.69) is 20.6 Å². The summed E-state index contributed by atoms with van der Waals surface area (Å²) in [4.78, 5) is 14.6. The van der Waals surface area contributed by atoms with E-state index in [1.165, 1.54) is 0 Å². The maximum atomic E-state index is 12.4. The van der Waals surface area contributed by atoms with E-state index in [9.17, 15) is 4.79 Å². The van der Waals surface area contributed by atoms with Gasteiger partial charge in [0.2, 0.25) is 5.91 Å². The number of carbonyl (C=O) groups excluding carboxylic acids is 1. The summed E-state index contributed by atoms with van der Waals surface area (Å²) in [6.45, 7) is 6.98. The van der Waals surface area contributed by atoms with E-state index in [1.54, 1.807) is 4.68 Å². The highest BCUT2D eigenvalue weighted by Gasteiger charge is 2.17. The first-order valence-corrected chi connectivity index (χ1v) is 8.99. The third-order valence-electron chi connectivity index (χ3n) is 4.52. The number of carbonyl (C=O) groups is 1. The number of hydrogen-bond acceptors (Lipinski definition) is 5. The number of amides is 1. The van der Waals surface area contributed by atoms with Crippen LogP contribution in [0.3, 0.4) is 0 Å². The van der Waals surface area contributed by atoms with Crippen LogP contribution in [0.25, 0.3) is 0 Å². The number of nitrogens with one attached hydrogen (secondary N) is 2. The maximum absolute atomic E-state index is 12.4. The quantitative estimate of drug-likeness (QED) is 0.838. The smallest absolute Gasteiger partial charge is 0.243 e. The number of aromatic nitrogens is 2. The van der Waals surface area contributed by atoms with Crippen LogP contribution in [0.5, 0.6) is 0 Å². The van der Waals surface area contributed by atoms with E-state index in [0.717, 1.165) is 41.5 Å². The molecular weight excluding hydrogens is 354 g/mol. The van der Waals surface area contributed by atoms with Gasteiger partial charge in [-0.05, 0) is 32.0 Å². The molecule has 0 bridgehead atoms. The molecule has 140 valence electrons. The van der Waals surface area contributed by atoms with E-state index in [4.69, 9.17) is 16.3 Å². The zero-order chi connectivity index (χ0) is 18.7. The van der Waals surface area contributed by atoms with Gasteiger partial charge in [-0.25, -0.2) is 0 Å². The van der Waals surface area contributed by atoms with Crippen LogP contribution < -0.4 is 15.5 Å². The average molecular weight is 378 g/mol. The van der Waals surface area contributed by atoms with Crippen molar-refractivity contribution < 1.29 is 9.53 Å². The average Bonchev–Trinajstić information content (AvgIpc) is 2.87. The number of benzene rings is 1. The number of hydrogen-bond donors (Lipinski definition) is 2. The molecule has 0 saturated carbocycles. The Balaban J connectivity index is 1.68. The fraction of sp³-hybridized carbons (Fsp3) is 0.444. The summed E-state index contributed by atoms with van der Waals surface area (Å²) in [5.74, 6) is -0.128. The zero-order valence-corrected chi connectivity index (χ0v) is 16.1. The predicted molar refractivity (Wildman–Crippen MR) is 104 cm³/mol. The second-order valence-electron chi connectivity index (χ2n) is 6.33. The number of nitrogens with zero attached hydrogens (tertiary/aromatic N) is 3. The molecule has 2 N–H and O–H groups in total. The fourth-order valence-corrected chi connectivity index (χ4v) is 3.22. The Kier molecular flexibility index (Phi) is 5.68. The van der Waals surface area contributed by atoms with Gasteiger partial charge in [-0.1, -0.05) is 11.6 Å². The number of morpholine rings is 1. The standard InChI is InChI=1S/C18H24ClN5O2/c1-12-18(13(2)23(3)22-12)21-17(25)11-20-15-10-14(19)4-5-16(15)24-6-8-26-9-7-24/h4-5,10,20H,6-9,11H2,1-3H3,(H,21,25). The van der Waals surface area contributed by atoms with Gasteiger partial charge in [-0.2, -0.15) is 5.10 Å². The monoisotopic (exact) mass is 377 g/mol. The molecule has 0 spiro atoms. The van der Waals surface area contributed by atoms with Crippen LogP contribution in [0.4, 0.5) is 17.1 Å². The molecule has 0 aliphatic carbocycles. The Labute approximate surface area is 158 Å². The molecule has 1 aliphatic rings. The summed E-state index contributed by atoms with van der Waals surface area (Å²) >= 11 is 6.15. The Morgan fingerprint density at radius 3 is 2.69 bits per heavy atom. The van der Waals surface area contributed by atoms with E-state index in [0.29, 0.717) is 18.2 Å².